The molecule has 10 heteroatoms. The van der Waals surface area contributed by atoms with E-state index >= 15 is 0 Å². The van der Waals surface area contributed by atoms with Crippen molar-refractivity contribution in [3.63, 3.8) is 0 Å². The van der Waals surface area contributed by atoms with Crippen LogP contribution < -0.4 is 25.0 Å². The van der Waals surface area contributed by atoms with Crippen molar-refractivity contribution in [2.75, 3.05) is 23.9 Å². The molecule has 1 aliphatic rings. The number of hydrogen-bond acceptors (Lipinski definition) is 6. The van der Waals surface area contributed by atoms with Gasteiger partial charge in [-0.3, -0.25) is 19.7 Å². The molecule has 1 saturated heterocycles. The normalized spacial score (nSPS) is 14.4. The molecule has 1 aliphatic heterocycles. The molecule has 3 aromatic rings. The Morgan fingerprint density at radius 1 is 1.03 bits per heavy atom. The molecule has 0 atom stereocenters. The number of benzene rings is 3. The first-order valence-electron chi connectivity index (χ1n) is 11.5. The molecule has 38 heavy (non-hydrogen) atoms. The monoisotopic (exact) mass is 533 g/mol. The lowest BCUT2D eigenvalue weighted by Crippen LogP contribution is -2.54. The van der Waals surface area contributed by atoms with Crippen LogP contribution in [-0.2, 0) is 14.4 Å². The van der Waals surface area contributed by atoms with Gasteiger partial charge in [-0.05, 0) is 66.9 Å². The Morgan fingerprint density at radius 2 is 1.79 bits per heavy atom. The highest BCUT2D eigenvalue weighted by atomic mass is 35.5. The molecule has 0 unspecified atom stereocenters. The van der Waals surface area contributed by atoms with Crippen molar-refractivity contribution in [2.45, 2.75) is 13.8 Å². The van der Waals surface area contributed by atoms with E-state index < -0.39 is 17.8 Å². The molecule has 0 radical (unpaired) electrons. The summed E-state index contributed by atoms with van der Waals surface area (Å²) in [6.07, 6.45) is 1.34. The van der Waals surface area contributed by atoms with Crippen LogP contribution in [0.25, 0.3) is 6.08 Å². The molecule has 1 fully saturated rings. The van der Waals surface area contributed by atoms with E-state index in [1.165, 1.54) is 13.2 Å². The van der Waals surface area contributed by atoms with E-state index in [1.54, 1.807) is 49.4 Å². The van der Waals surface area contributed by atoms with Gasteiger partial charge in [-0.1, -0.05) is 41.9 Å². The van der Waals surface area contributed by atoms with Crippen molar-refractivity contribution >= 4 is 52.8 Å². The number of imide groups is 2. The van der Waals surface area contributed by atoms with E-state index in [4.69, 9.17) is 21.1 Å². The first-order chi connectivity index (χ1) is 18.2. The van der Waals surface area contributed by atoms with E-state index in [0.29, 0.717) is 27.6 Å². The summed E-state index contributed by atoms with van der Waals surface area (Å²) < 4.78 is 11.0. The third-order valence-electron chi connectivity index (χ3n) is 5.86. The lowest BCUT2D eigenvalue weighted by atomic mass is 10.1. The number of nitrogens with one attached hydrogen (secondary N) is 2. The van der Waals surface area contributed by atoms with Crippen LogP contribution in [0.5, 0.6) is 11.5 Å². The fourth-order valence-corrected chi connectivity index (χ4v) is 3.99. The number of nitrogens with zero attached hydrogens (tertiary/aromatic N) is 1. The molecule has 2 N–H and O–H groups in total. The number of barbiturate groups is 1. The number of rotatable bonds is 7. The van der Waals surface area contributed by atoms with Gasteiger partial charge in [-0.15, -0.1) is 0 Å². The smallest absolute Gasteiger partial charge is 0.335 e. The summed E-state index contributed by atoms with van der Waals surface area (Å²) >= 11 is 6.16. The molecule has 5 amide bonds. The van der Waals surface area contributed by atoms with Gasteiger partial charge in [0.15, 0.2) is 18.1 Å². The molecule has 0 bridgehead atoms. The van der Waals surface area contributed by atoms with E-state index in [9.17, 15) is 19.2 Å². The third kappa shape index (κ3) is 5.52. The zero-order valence-corrected chi connectivity index (χ0v) is 21.6. The summed E-state index contributed by atoms with van der Waals surface area (Å²) in [5, 5.41) is 5.35. The Labute approximate surface area is 224 Å². The van der Waals surface area contributed by atoms with E-state index in [1.807, 2.05) is 25.1 Å². The van der Waals surface area contributed by atoms with Crippen molar-refractivity contribution < 1.29 is 28.7 Å². The van der Waals surface area contributed by atoms with Crippen LogP contribution in [0.2, 0.25) is 5.02 Å². The highest BCUT2D eigenvalue weighted by molar-refractivity contribution is 6.40. The van der Waals surface area contributed by atoms with Crippen LogP contribution in [0.3, 0.4) is 0 Å². The number of hydrogen-bond donors (Lipinski definition) is 2. The second-order valence-electron chi connectivity index (χ2n) is 8.40. The van der Waals surface area contributed by atoms with Crippen LogP contribution >= 0.6 is 11.6 Å². The van der Waals surface area contributed by atoms with Crippen LogP contribution in [0.4, 0.5) is 16.2 Å². The molecular formula is C28H24ClN3O6. The van der Waals surface area contributed by atoms with Gasteiger partial charge in [-0.2, -0.15) is 0 Å². The number of amides is 5. The van der Waals surface area contributed by atoms with Crippen molar-refractivity contribution in [1.29, 1.82) is 0 Å². The number of para-hydroxylation sites is 1. The van der Waals surface area contributed by atoms with Crippen molar-refractivity contribution in [3.05, 3.63) is 87.9 Å². The van der Waals surface area contributed by atoms with E-state index in [-0.39, 0.29) is 29.5 Å². The topological polar surface area (TPSA) is 114 Å². The second kappa shape index (κ2) is 11.2. The molecule has 0 aliphatic carbocycles. The second-order valence-corrected chi connectivity index (χ2v) is 8.81. The zero-order valence-electron chi connectivity index (χ0n) is 20.8. The largest absolute Gasteiger partial charge is 0.493 e. The SMILES string of the molecule is COc1cc(/C=C2/C(=O)NC(=O)N(c3cccc(Cl)c3C)C2=O)ccc1OCC(=O)Nc1ccccc1C. The predicted molar refractivity (Wildman–Crippen MR) is 143 cm³/mol. The molecule has 194 valence electrons. The number of halogens is 1. The molecular weight excluding hydrogens is 510 g/mol. The number of carbonyl (C=O) groups is 4. The fraction of sp³-hybridized carbons (Fsp3) is 0.143. The number of ether oxygens (including phenoxy) is 2. The average Bonchev–Trinajstić information content (AvgIpc) is 2.89. The van der Waals surface area contributed by atoms with Gasteiger partial charge in [0, 0.05) is 10.7 Å². The maximum atomic E-state index is 13.2. The molecule has 0 spiro atoms. The number of aryl methyl sites for hydroxylation is 1. The predicted octanol–water partition coefficient (Wildman–Crippen LogP) is 4.65. The first-order valence-corrected chi connectivity index (χ1v) is 11.9. The molecule has 4 rings (SSSR count). The van der Waals surface area contributed by atoms with Crippen molar-refractivity contribution in [3.8, 4) is 11.5 Å². The highest BCUT2D eigenvalue weighted by Gasteiger charge is 2.37. The minimum absolute atomic E-state index is 0.252. The number of urea groups is 1. The summed E-state index contributed by atoms with van der Waals surface area (Å²) in [7, 11) is 1.42. The minimum Gasteiger partial charge on any atom is -0.493 e. The summed E-state index contributed by atoms with van der Waals surface area (Å²) in [4.78, 5) is 51.5. The van der Waals surface area contributed by atoms with E-state index in [2.05, 4.69) is 10.6 Å². The Hall–Kier alpha value is -4.63. The Kier molecular flexibility index (Phi) is 7.78. The van der Waals surface area contributed by atoms with Gasteiger partial charge < -0.3 is 14.8 Å². The summed E-state index contributed by atoms with van der Waals surface area (Å²) in [5.74, 6) is -1.40. The summed E-state index contributed by atoms with van der Waals surface area (Å²) in [6, 6.07) is 16.0. The lowest BCUT2D eigenvalue weighted by Gasteiger charge is -2.27. The molecule has 9 nitrogen and oxygen atoms in total. The average molecular weight is 534 g/mol. The third-order valence-corrected chi connectivity index (χ3v) is 6.27. The summed E-state index contributed by atoms with van der Waals surface area (Å²) in [6.45, 7) is 3.29. The Morgan fingerprint density at radius 3 is 2.53 bits per heavy atom. The van der Waals surface area contributed by atoms with Gasteiger partial charge in [0.2, 0.25) is 0 Å². The van der Waals surface area contributed by atoms with Gasteiger partial charge in [0.05, 0.1) is 12.8 Å². The van der Waals surface area contributed by atoms with Crippen molar-refractivity contribution in [2.24, 2.45) is 0 Å². The summed E-state index contributed by atoms with van der Waals surface area (Å²) in [5.41, 5.74) is 2.57. The van der Waals surface area contributed by atoms with Crippen LogP contribution in [0.1, 0.15) is 16.7 Å². The van der Waals surface area contributed by atoms with Gasteiger partial charge >= 0.3 is 6.03 Å². The van der Waals surface area contributed by atoms with Crippen LogP contribution in [0.15, 0.2) is 66.2 Å². The molecule has 0 saturated carbocycles. The van der Waals surface area contributed by atoms with Crippen LogP contribution in [0, 0.1) is 13.8 Å². The maximum absolute atomic E-state index is 13.2. The van der Waals surface area contributed by atoms with Gasteiger partial charge in [0.25, 0.3) is 17.7 Å². The minimum atomic E-state index is -0.868. The van der Waals surface area contributed by atoms with Crippen molar-refractivity contribution in [1.82, 2.24) is 5.32 Å². The van der Waals surface area contributed by atoms with Gasteiger partial charge in [-0.25, -0.2) is 9.69 Å². The van der Waals surface area contributed by atoms with Crippen LogP contribution in [-0.4, -0.2) is 37.5 Å². The standard InChI is InChI=1S/C28H24ClN3O6/c1-16-7-4-5-9-21(16)30-25(33)15-38-23-12-11-18(14-24(23)37-3)13-19-26(34)31-28(36)32(27(19)35)22-10-6-8-20(29)17(22)2/h4-14H,15H2,1-3H3,(H,30,33)(H,31,34,36)/b19-13-. The highest BCUT2D eigenvalue weighted by Crippen LogP contribution is 2.32. The molecule has 0 aromatic heterocycles. The Bertz CT molecular complexity index is 1480. The number of carbonyl (C=O) groups excluding carboxylic acids is 4. The zero-order chi connectivity index (χ0) is 27.4. The fourth-order valence-electron chi connectivity index (χ4n) is 3.82. The lowest BCUT2D eigenvalue weighted by molar-refractivity contribution is -0.122. The van der Waals surface area contributed by atoms with Gasteiger partial charge in [0.1, 0.15) is 5.57 Å². The van der Waals surface area contributed by atoms with E-state index in [0.717, 1.165) is 10.5 Å². The maximum Gasteiger partial charge on any atom is 0.335 e. The first kappa shape index (κ1) is 26.4. The molecule has 1 heterocycles. The molecule has 3 aromatic carbocycles. The Balaban J connectivity index is 1.54. The number of methoxy groups -OCH3 is 1. The number of anilines is 2. The quantitative estimate of drug-likeness (QED) is 0.337.